The highest BCUT2D eigenvalue weighted by molar-refractivity contribution is 5.73. The number of amides is 2. The minimum Gasteiger partial charge on any atom is -0.391 e. The van der Waals surface area contributed by atoms with E-state index >= 15 is 0 Å². The number of aliphatic hydroxyl groups excluding tert-OH is 1. The topological polar surface area (TPSA) is 64.6 Å². The van der Waals surface area contributed by atoms with Crippen LogP contribution in [-0.2, 0) is 12.8 Å². The van der Waals surface area contributed by atoms with Crippen LogP contribution in [-0.4, -0.2) is 44.4 Å². The van der Waals surface area contributed by atoms with Gasteiger partial charge in [0.15, 0.2) is 0 Å². The Hall–Kier alpha value is -2.53. The van der Waals surface area contributed by atoms with Crippen molar-refractivity contribution in [1.82, 2.24) is 10.6 Å². The molecule has 2 aromatic carbocycles. The highest BCUT2D eigenvalue weighted by Gasteiger charge is 2.07. The Balaban J connectivity index is 1.63. The molecule has 134 valence electrons. The number of nitrogens with zero attached hydrogens (tertiary/aromatic N) is 1. The number of benzene rings is 2. The van der Waals surface area contributed by atoms with Crippen molar-refractivity contribution in [3.05, 3.63) is 65.7 Å². The molecule has 0 saturated heterocycles. The van der Waals surface area contributed by atoms with Crippen molar-refractivity contribution in [1.29, 1.82) is 0 Å². The van der Waals surface area contributed by atoms with E-state index < -0.39 is 6.10 Å². The zero-order valence-corrected chi connectivity index (χ0v) is 14.9. The quantitative estimate of drug-likeness (QED) is 0.690. The maximum Gasteiger partial charge on any atom is 0.314 e. The van der Waals surface area contributed by atoms with Crippen LogP contribution in [0.5, 0.6) is 0 Å². The molecule has 0 spiro atoms. The lowest BCUT2D eigenvalue weighted by molar-refractivity contribution is 0.170. The van der Waals surface area contributed by atoms with Gasteiger partial charge in [-0.2, -0.15) is 0 Å². The lowest BCUT2D eigenvalue weighted by Crippen LogP contribution is -2.41. The molecular weight excluding hydrogens is 314 g/mol. The van der Waals surface area contributed by atoms with Gasteiger partial charge in [0, 0.05) is 39.3 Å². The Morgan fingerprint density at radius 3 is 2.32 bits per heavy atom. The minimum absolute atomic E-state index is 0.234. The lowest BCUT2D eigenvalue weighted by Gasteiger charge is -2.14. The zero-order valence-electron chi connectivity index (χ0n) is 14.9. The van der Waals surface area contributed by atoms with Crippen molar-refractivity contribution in [2.24, 2.45) is 0 Å². The SMILES string of the molecule is CN(C)c1ccc(CCNC(=O)NCC(O)Cc2ccccc2)cc1. The molecule has 0 radical (unpaired) electrons. The molecule has 0 aliphatic rings. The first-order valence-electron chi connectivity index (χ1n) is 8.54. The summed E-state index contributed by atoms with van der Waals surface area (Å²) in [5.41, 5.74) is 3.38. The molecule has 0 heterocycles. The summed E-state index contributed by atoms with van der Waals surface area (Å²) in [6.45, 7) is 0.792. The number of carbonyl (C=O) groups excluding carboxylic acids is 1. The second kappa shape index (κ2) is 9.69. The van der Waals surface area contributed by atoms with E-state index in [2.05, 4.69) is 39.8 Å². The van der Waals surface area contributed by atoms with Gasteiger partial charge in [-0.05, 0) is 29.7 Å². The highest BCUT2D eigenvalue weighted by Crippen LogP contribution is 2.12. The molecule has 0 bridgehead atoms. The van der Waals surface area contributed by atoms with Gasteiger partial charge in [0.25, 0.3) is 0 Å². The van der Waals surface area contributed by atoms with E-state index in [1.165, 1.54) is 5.56 Å². The maximum absolute atomic E-state index is 11.8. The third kappa shape index (κ3) is 6.85. The number of aliphatic hydroxyl groups is 1. The summed E-state index contributed by atoms with van der Waals surface area (Å²) < 4.78 is 0. The Morgan fingerprint density at radius 2 is 1.68 bits per heavy atom. The molecule has 2 aromatic rings. The molecule has 25 heavy (non-hydrogen) atoms. The van der Waals surface area contributed by atoms with Gasteiger partial charge < -0.3 is 20.6 Å². The fourth-order valence-electron chi connectivity index (χ4n) is 2.51. The molecule has 0 fully saturated rings. The average molecular weight is 341 g/mol. The first-order valence-corrected chi connectivity index (χ1v) is 8.54. The van der Waals surface area contributed by atoms with E-state index in [1.807, 2.05) is 44.4 Å². The third-order valence-electron chi connectivity index (χ3n) is 3.96. The maximum atomic E-state index is 11.8. The smallest absolute Gasteiger partial charge is 0.314 e. The van der Waals surface area contributed by atoms with Gasteiger partial charge in [-0.3, -0.25) is 0 Å². The Labute approximate surface area is 149 Å². The van der Waals surface area contributed by atoms with Crippen molar-refractivity contribution >= 4 is 11.7 Å². The average Bonchev–Trinajstić information content (AvgIpc) is 2.61. The monoisotopic (exact) mass is 341 g/mol. The summed E-state index contributed by atoms with van der Waals surface area (Å²) in [4.78, 5) is 13.8. The number of hydrogen-bond donors (Lipinski definition) is 3. The van der Waals surface area contributed by atoms with Crippen LogP contribution in [0.2, 0.25) is 0 Å². The van der Waals surface area contributed by atoms with Gasteiger partial charge in [0.1, 0.15) is 0 Å². The van der Waals surface area contributed by atoms with Gasteiger partial charge in [-0.1, -0.05) is 42.5 Å². The lowest BCUT2D eigenvalue weighted by atomic mass is 10.1. The first-order chi connectivity index (χ1) is 12.0. The summed E-state index contributed by atoms with van der Waals surface area (Å²) in [5, 5.41) is 15.5. The predicted molar refractivity (Wildman–Crippen MR) is 102 cm³/mol. The third-order valence-corrected chi connectivity index (χ3v) is 3.96. The molecular formula is C20H27N3O2. The zero-order chi connectivity index (χ0) is 18.1. The van der Waals surface area contributed by atoms with Crippen LogP contribution >= 0.6 is 0 Å². The van der Waals surface area contributed by atoms with Gasteiger partial charge in [-0.15, -0.1) is 0 Å². The fraction of sp³-hybridized carbons (Fsp3) is 0.350. The fourth-order valence-corrected chi connectivity index (χ4v) is 2.51. The second-order valence-electron chi connectivity index (χ2n) is 6.29. The van der Waals surface area contributed by atoms with Crippen LogP contribution < -0.4 is 15.5 Å². The molecule has 0 aliphatic heterocycles. The van der Waals surface area contributed by atoms with Gasteiger partial charge in [-0.25, -0.2) is 4.79 Å². The molecule has 0 saturated carbocycles. The number of nitrogens with one attached hydrogen (secondary N) is 2. The van der Waals surface area contributed by atoms with E-state index in [0.29, 0.717) is 13.0 Å². The molecule has 0 aromatic heterocycles. The molecule has 2 rings (SSSR count). The summed E-state index contributed by atoms with van der Waals surface area (Å²) in [5.74, 6) is 0. The summed E-state index contributed by atoms with van der Waals surface area (Å²) in [6.07, 6.45) is 0.708. The highest BCUT2D eigenvalue weighted by atomic mass is 16.3. The van der Waals surface area contributed by atoms with Crippen LogP contribution in [0, 0.1) is 0 Å². The normalized spacial score (nSPS) is 11.6. The van der Waals surface area contributed by atoms with Crippen LogP contribution in [0.1, 0.15) is 11.1 Å². The van der Waals surface area contributed by atoms with Crippen molar-refractivity contribution < 1.29 is 9.90 Å². The number of rotatable bonds is 8. The number of carbonyl (C=O) groups is 1. The number of urea groups is 1. The first kappa shape index (κ1) is 18.8. The van der Waals surface area contributed by atoms with E-state index in [1.54, 1.807) is 0 Å². The Morgan fingerprint density at radius 1 is 1.00 bits per heavy atom. The standard InChI is InChI=1S/C20H27N3O2/c1-23(2)18-10-8-16(9-11-18)12-13-21-20(25)22-15-19(24)14-17-6-4-3-5-7-17/h3-11,19,24H,12-15H2,1-2H3,(H2,21,22,25). The second-order valence-corrected chi connectivity index (χ2v) is 6.29. The van der Waals surface area contributed by atoms with E-state index in [-0.39, 0.29) is 12.6 Å². The number of anilines is 1. The van der Waals surface area contributed by atoms with Gasteiger partial charge >= 0.3 is 6.03 Å². The Bertz CT molecular complexity index is 642. The van der Waals surface area contributed by atoms with Crippen LogP contribution in [0.4, 0.5) is 10.5 Å². The number of hydrogen-bond acceptors (Lipinski definition) is 3. The summed E-state index contributed by atoms with van der Waals surface area (Å²) >= 11 is 0. The van der Waals surface area contributed by atoms with Crippen molar-refractivity contribution in [3.8, 4) is 0 Å². The molecule has 0 aliphatic carbocycles. The van der Waals surface area contributed by atoms with E-state index in [0.717, 1.165) is 17.7 Å². The van der Waals surface area contributed by atoms with Gasteiger partial charge in [0.2, 0.25) is 0 Å². The van der Waals surface area contributed by atoms with Gasteiger partial charge in [0.05, 0.1) is 6.10 Å². The van der Waals surface area contributed by atoms with Crippen molar-refractivity contribution in [2.75, 3.05) is 32.1 Å². The van der Waals surface area contributed by atoms with Crippen molar-refractivity contribution in [2.45, 2.75) is 18.9 Å². The summed E-state index contributed by atoms with van der Waals surface area (Å²) in [6, 6.07) is 17.8. The molecule has 3 N–H and O–H groups in total. The summed E-state index contributed by atoms with van der Waals surface area (Å²) in [7, 11) is 4.01. The molecule has 1 atom stereocenters. The molecule has 5 nitrogen and oxygen atoms in total. The molecule has 5 heteroatoms. The molecule has 1 unspecified atom stereocenters. The van der Waals surface area contributed by atoms with Crippen LogP contribution in [0.15, 0.2) is 54.6 Å². The van der Waals surface area contributed by atoms with Crippen molar-refractivity contribution in [3.63, 3.8) is 0 Å². The van der Waals surface area contributed by atoms with E-state index in [4.69, 9.17) is 0 Å². The predicted octanol–water partition coefficient (Wildman–Crippen LogP) is 2.20. The molecule has 2 amide bonds. The van der Waals surface area contributed by atoms with Crippen LogP contribution in [0.25, 0.3) is 0 Å². The van der Waals surface area contributed by atoms with E-state index in [9.17, 15) is 9.90 Å². The largest absolute Gasteiger partial charge is 0.391 e. The van der Waals surface area contributed by atoms with Crippen LogP contribution in [0.3, 0.4) is 0 Å². The minimum atomic E-state index is -0.591. The Kier molecular flexibility index (Phi) is 7.29.